The van der Waals surface area contributed by atoms with Crippen LogP contribution in [0, 0.1) is 0 Å². The van der Waals surface area contributed by atoms with Crippen molar-refractivity contribution in [1.29, 1.82) is 0 Å². The lowest BCUT2D eigenvalue weighted by molar-refractivity contribution is 0.666. The molecule has 12 heteroatoms. The summed E-state index contributed by atoms with van der Waals surface area (Å²) >= 11 is 1.81. The van der Waals surface area contributed by atoms with Crippen molar-refractivity contribution in [2.24, 2.45) is 0 Å². The molecule has 27 rings (SSSR count). The lowest BCUT2D eigenvalue weighted by Gasteiger charge is -2.13. The maximum atomic E-state index is 7.19. The fourth-order valence-electron chi connectivity index (χ4n) is 19.0. The number of nitrogens with zero attached hydrogens (tertiary/aromatic N) is 8. The zero-order chi connectivity index (χ0) is 79.8. The molecule has 19 aromatic carbocycles. The van der Waals surface area contributed by atoms with Gasteiger partial charge in [0, 0.05) is 113 Å². The second-order valence-electron chi connectivity index (χ2n) is 31.5. The smallest absolute Gasteiger partial charge is 0.164 e. The lowest BCUT2D eigenvalue weighted by atomic mass is 10.0. The Labute approximate surface area is 698 Å². The van der Waals surface area contributed by atoms with E-state index in [-0.39, 0.29) is 0 Å². The number of aromatic nitrogens is 8. The summed E-state index contributed by atoms with van der Waals surface area (Å²) in [4.78, 5) is 31.6. The highest BCUT2D eigenvalue weighted by atomic mass is 32.1. The summed E-state index contributed by atoms with van der Waals surface area (Å²) in [6.45, 7) is 0. The van der Waals surface area contributed by atoms with Gasteiger partial charge in [-0.15, -0.1) is 11.3 Å². The molecule has 0 amide bonds. The third-order valence-corrected chi connectivity index (χ3v) is 25.8. The molecule has 27 aromatic rings. The Kier molecular flexibility index (Phi) is 14.8. The van der Waals surface area contributed by atoms with Crippen LogP contribution in [0.5, 0.6) is 0 Å². The summed E-state index contributed by atoms with van der Waals surface area (Å²) in [7, 11) is 0. The van der Waals surface area contributed by atoms with Crippen molar-refractivity contribution in [2.75, 3.05) is 0 Å². The quantitative estimate of drug-likeness (QED) is 0.146. The fraction of sp³-hybridized carbons (Fsp3) is 0. The first kappa shape index (κ1) is 67.8. The van der Waals surface area contributed by atoms with E-state index in [0.29, 0.717) is 34.9 Å². The van der Waals surface area contributed by atoms with Crippen molar-refractivity contribution in [3.8, 4) is 79.7 Å². The average molecular weight is 1580 g/mol. The Balaban J connectivity index is 0.000000131. The van der Waals surface area contributed by atoms with E-state index < -0.39 is 0 Å². The van der Waals surface area contributed by atoms with E-state index in [1.807, 2.05) is 54.6 Å². The molecule has 8 aromatic heterocycles. The van der Waals surface area contributed by atoms with Gasteiger partial charge in [0.25, 0.3) is 0 Å². The van der Waals surface area contributed by atoms with E-state index in [1.165, 1.54) is 74.0 Å². The topological polar surface area (TPSA) is 127 Å². The van der Waals surface area contributed by atoms with Gasteiger partial charge in [-0.2, -0.15) is 0 Å². The summed E-state index contributed by atoms with van der Waals surface area (Å²) in [5, 5.41) is 24.8. The summed E-state index contributed by atoms with van der Waals surface area (Å²) in [6.07, 6.45) is 0. The molecule has 11 nitrogen and oxygen atoms in total. The van der Waals surface area contributed by atoms with Crippen LogP contribution in [0.25, 0.3) is 263 Å². The van der Waals surface area contributed by atoms with Crippen molar-refractivity contribution in [2.45, 2.75) is 0 Å². The van der Waals surface area contributed by atoms with Crippen LogP contribution >= 0.6 is 11.3 Å². The number of hydrogen-bond acceptors (Lipinski definition) is 10. The van der Waals surface area contributed by atoms with Crippen molar-refractivity contribution < 1.29 is 13.3 Å². The van der Waals surface area contributed by atoms with Crippen molar-refractivity contribution >= 4 is 195 Å². The molecule has 8 heterocycles. The van der Waals surface area contributed by atoms with E-state index >= 15 is 0 Å². The maximum Gasteiger partial charge on any atom is 0.164 e. The first-order valence-electron chi connectivity index (χ1n) is 40.9. The SMILES string of the molecule is c1ccc(-c2nc(-c3ccc4sc5ccccc5c4c3)nc(-c3ccc(-n4c5ccccc5c5cc6ccccc6cc54)c4oc5c6ccccc6ccc5c34)n2)cc1.c1ccc2cc3c(cc2c1)c1c2ccccc2ccc1n3-c1ccc(-c2nc(-c3ccc4c(c3)oc3ccccc34)nc(-c3cccc4ccccc34)n2)c2c1oc1ccccc12. The Morgan fingerprint density at radius 2 is 0.664 bits per heavy atom. The van der Waals surface area contributed by atoms with Crippen molar-refractivity contribution in [1.82, 2.24) is 39.0 Å². The Hall–Kier alpha value is -16.3. The second-order valence-corrected chi connectivity index (χ2v) is 32.5. The van der Waals surface area contributed by atoms with Gasteiger partial charge < -0.3 is 22.4 Å². The summed E-state index contributed by atoms with van der Waals surface area (Å²) in [6, 6.07) is 132. The van der Waals surface area contributed by atoms with Gasteiger partial charge >= 0.3 is 0 Å². The number of benzene rings is 19. The molecule has 0 aliphatic rings. The van der Waals surface area contributed by atoms with Gasteiger partial charge in [0.05, 0.1) is 33.4 Å². The van der Waals surface area contributed by atoms with Crippen LogP contribution in [-0.2, 0) is 0 Å². The molecule has 0 radical (unpaired) electrons. The van der Waals surface area contributed by atoms with Crippen LogP contribution in [0.15, 0.2) is 389 Å². The van der Waals surface area contributed by atoms with E-state index in [2.05, 4.69) is 331 Å². The normalized spacial score (nSPS) is 12.1. The highest BCUT2D eigenvalue weighted by Gasteiger charge is 2.28. The predicted octanol–water partition coefficient (Wildman–Crippen LogP) is 29.8. The standard InChI is InChI=1S/C57H32N4O2.C53H30N4OS/c1-2-15-36-31-48-45(30-35(36)14-1)52-39-18-6-4-13-34(39)25-28-46(52)61(48)47-29-27-44(53-43-20-8-10-23-50(43)63-54(47)53)57-59-55(37-24-26-41-40-19-7-9-22-49(40)62-51(41)32-37)58-56(60-57)42-21-11-16-33-12-3-5-17-38(33)42;1-2-13-32(14-3-1)51-54-52(35-23-27-47-42(29-35)38-19-9-11-21-46(38)59-47)56-53(55-51)40-25-26-44(50-48(40)39-24-22-31-12-6-7-17-36(31)49(39)58-50)57-43-20-10-8-18-37(43)41-28-33-15-4-5-16-34(33)30-45(41)57/h1-32H;1-30H. The maximum absolute atomic E-state index is 7.19. The zero-order valence-electron chi connectivity index (χ0n) is 65.0. The van der Waals surface area contributed by atoms with E-state index in [4.69, 9.17) is 43.2 Å². The minimum Gasteiger partial charge on any atom is -0.456 e. The van der Waals surface area contributed by atoms with Gasteiger partial charge in [-0.25, -0.2) is 29.9 Å². The molecular formula is C110H62N8O3S. The number of para-hydroxylation sites is 3. The summed E-state index contributed by atoms with van der Waals surface area (Å²) in [5.74, 6) is 3.51. The second kappa shape index (κ2) is 26.6. The number of thiophene rings is 1. The molecule has 0 saturated carbocycles. The monoisotopic (exact) mass is 1570 g/mol. The van der Waals surface area contributed by atoms with Crippen LogP contribution in [-0.4, -0.2) is 39.0 Å². The highest BCUT2D eigenvalue weighted by molar-refractivity contribution is 7.25. The molecule has 0 bridgehead atoms. The minimum absolute atomic E-state index is 0.551. The van der Waals surface area contributed by atoms with Gasteiger partial charge in [0.15, 0.2) is 46.1 Å². The third kappa shape index (κ3) is 10.5. The summed E-state index contributed by atoms with van der Waals surface area (Å²) in [5.41, 5.74) is 16.5. The highest BCUT2D eigenvalue weighted by Crippen LogP contribution is 2.49. The van der Waals surface area contributed by atoms with Crippen LogP contribution < -0.4 is 0 Å². The summed E-state index contributed by atoms with van der Waals surface area (Å²) < 4.78 is 27.8. The van der Waals surface area contributed by atoms with Crippen LogP contribution in [0.4, 0.5) is 0 Å². The van der Waals surface area contributed by atoms with Gasteiger partial charge in [-0.05, 0) is 164 Å². The molecular weight excluding hydrogens is 1510 g/mol. The molecule has 0 fully saturated rings. The number of rotatable bonds is 8. The largest absolute Gasteiger partial charge is 0.456 e. The molecule has 0 spiro atoms. The van der Waals surface area contributed by atoms with Gasteiger partial charge in [-0.1, -0.05) is 261 Å². The zero-order valence-corrected chi connectivity index (χ0v) is 65.8. The van der Waals surface area contributed by atoms with Gasteiger partial charge in [0.2, 0.25) is 0 Å². The molecule has 0 atom stereocenters. The Morgan fingerprint density at radius 1 is 0.197 bits per heavy atom. The molecule has 0 aliphatic carbocycles. The van der Waals surface area contributed by atoms with Crippen molar-refractivity contribution in [3.05, 3.63) is 376 Å². The van der Waals surface area contributed by atoms with Gasteiger partial charge in [0.1, 0.15) is 22.3 Å². The molecule has 0 N–H and O–H groups in total. The Morgan fingerprint density at radius 3 is 1.39 bits per heavy atom. The molecule has 122 heavy (non-hydrogen) atoms. The fourth-order valence-corrected chi connectivity index (χ4v) is 20.1. The van der Waals surface area contributed by atoms with Crippen LogP contribution in [0.2, 0.25) is 0 Å². The minimum atomic E-state index is 0.551. The van der Waals surface area contributed by atoms with E-state index in [1.54, 1.807) is 11.3 Å². The third-order valence-electron chi connectivity index (χ3n) is 24.6. The first-order valence-corrected chi connectivity index (χ1v) is 41.8. The molecule has 566 valence electrons. The first-order chi connectivity index (χ1) is 60.4. The van der Waals surface area contributed by atoms with Crippen LogP contribution in [0.3, 0.4) is 0 Å². The van der Waals surface area contributed by atoms with E-state index in [0.717, 1.165) is 154 Å². The van der Waals surface area contributed by atoms with Crippen molar-refractivity contribution in [3.63, 3.8) is 0 Å². The molecule has 0 unspecified atom stereocenters. The Bertz CT molecular complexity index is 9140. The number of furan rings is 3. The predicted molar refractivity (Wildman–Crippen MR) is 503 cm³/mol. The van der Waals surface area contributed by atoms with Gasteiger partial charge in [-0.3, -0.25) is 0 Å². The molecule has 0 aliphatic heterocycles. The molecule has 0 saturated heterocycles. The van der Waals surface area contributed by atoms with E-state index in [9.17, 15) is 0 Å². The van der Waals surface area contributed by atoms with Crippen LogP contribution in [0.1, 0.15) is 0 Å². The average Bonchev–Trinajstić information content (AvgIpc) is 1.55. The number of fused-ring (bicyclic) bond motifs is 25. The number of hydrogen-bond donors (Lipinski definition) is 0. The lowest BCUT2D eigenvalue weighted by Crippen LogP contribution is -2.01.